The Balaban J connectivity index is 0.00000160. The van der Waals surface area contributed by atoms with Crippen molar-refractivity contribution in [3.63, 3.8) is 0 Å². The van der Waals surface area contributed by atoms with Gasteiger partial charge in [-0.1, -0.05) is 0 Å². The zero-order valence-corrected chi connectivity index (χ0v) is 25.0. The van der Waals surface area contributed by atoms with Crippen LogP contribution in [0.1, 0.15) is 48.1 Å². The Hall–Kier alpha value is -0.673. The first kappa shape index (κ1) is 25.6. The minimum atomic E-state index is -2.08. The molecule has 0 spiro atoms. The average Bonchev–Trinajstić information content (AvgIpc) is 3.16. The van der Waals surface area contributed by atoms with E-state index in [1.165, 1.54) is 11.1 Å². The average molecular weight is 621 g/mol. The second kappa shape index (κ2) is 10.3. The predicted octanol–water partition coefficient (Wildman–Crippen LogP) is 1.37. The fraction of sp³-hybridized carbons (Fsp3) is 0.308. The molecule has 0 radical (unpaired) electrons. The van der Waals surface area contributed by atoms with Gasteiger partial charge in [-0.05, 0) is 0 Å². The minimum absolute atomic E-state index is 0. The molecule has 0 bridgehead atoms. The first-order valence-electron chi connectivity index (χ1n) is 10.5. The van der Waals surface area contributed by atoms with Crippen LogP contribution in [0.15, 0.2) is 76.9 Å². The van der Waals surface area contributed by atoms with Gasteiger partial charge >= 0.3 is 180 Å². The number of rotatable bonds is 4. The van der Waals surface area contributed by atoms with E-state index in [1.807, 2.05) is 0 Å². The first-order chi connectivity index (χ1) is 13.4. The zero-order chi connectivity index (χ0) is 20.0. The van der Waals surface area contributed by atoms with Crippen molar-refractivity contribution in [3.8, 4) is 0 Å². The third kappa shape index (κ3) is 4.31. The summed E-state index contributed by atoms with van der Waals surface area (Å²) in [6.07, 6.45) is 2.52. The summed E-state index contributed by atoms with van der Waals surface area (Å²) in [6.45, 7) is 14.9. The summed E-state index contributed by atoms with van der Waals surface area (Å²) in [5.41, 5.74) is 12.7. The molecule has 4 rings (SSSR count). The van der Waals surface area contributed by atoms with Gasteiger partial charge < -0.3 is 24.8 Å². The van der Waals surface area contributed by atoms with Crippen LogP contribution in [0, 0.1) is 0 Å². The number of fused-ring (bicyclic) bond motifs is 1. The minimum Gasteiger partial charge on any atom is -1.00 e. The third-order valence-corrected chi connectivity index (χ3v) is 38.3. The largest absolute Gasteiger partial charge is 1.00 e. The molecular formula is C26H31Cl2HfSi. The van der Waals surface area contributed by atoms with E-state index >= 15 is 0 Å². The van der Waals surface area contributed by atoms with Gasteiger partial charge in [0.1, 0.15) is 0 Å². The Morgan fingerprint density at radius 1 is 0.700 bits per heavy atom. The number of hydrogen-bond donors (Lipinski definition) is 0. The second-order valence-electron chi connectivity index (χ2n) is 8.73. The van der Waals surface area contributed by atoms with Gasteiger partial charge in [-0.25, -0.2) is 0 Å². The van der Waals surface area contributed by atoms with Crippen LogP contribution in [-0.4, -0.2) is 5.98 Å². The first-order valence-corrected chi connectivity index (χ1v) is 23.7. The van der Waals surface area contributed by atoms with Gasteiger partial charge in [-0.15, -0.1) is 0 Å². The van der Waals surface area contributed by atoms with Crippen LogP contribution >= 0.6 is 0 Å². The SMILES string of the molecule is CC1=C(C)[CH]([Hf+2]([CH]2C(c3ccccc3)=Cc3ccccc32)[SiH](C)C)C(C)=C1C.[Cl-].[Cl-]. The molecule has 30 heavy (non-hydrogen) atoms. The smallest absolute Gasteiger partial charge is 1.00 e. The van der Waals surface area contributed by atoms with Crippen LogP contribution < -0.4 is 24.8 Å². The summed E-state index contributed by atoms with van der Waals surface area (Å²) >= 11 is -2.08. The Labute approximate surface area is 203 Å². The molecule has 1 unspecified atom stereocenters. The van der Waals surface area contributed by atoms with E-state index in [9.17, 15) is 0 Å². The van der Waals surface area contributed by atoms with Crippen molar-refractivity contribution in [2.75, 3.05) is 0 Å². The van der Waals surface area contributed by atoms with Gasteiger partial charge in [-0.2, -0.15) is 0 Å². The maximum atomic E-state index is 2.65. The summed E-state index contributed by atoms with van der Waals surface area (Å²) in [6, 6.07) is 20.4. The van der Waals surface area contributed by atoms with Gasteiger partial charge in [0, 0.05) is 0 Å². The van der Waals surface area contributed by atoms with Crippen LogP contribution in [-0.2, 0) is 20.6 Å². The Bertz CT molecular complexity index is 981. The van der Waals surface area contributed by atoms with Crippen LogP contribution in [0.2, 0.25) is 16.8 Å². The quantitative estimate of drug-likeness (QED) is 0.454. The standard InChI is InChI=1S/C15H11.C9H13.C2H7Si.2ClH.Hf/c1-2-6-12(7-3-1)15-10-13-8-4-5-9-14(13)11-15;1-6-5-7(2)9(4)8(6)3;1-3-2;;;/h1-11H;5H,1-4H3;3H,1-2H3;2*1H;/q;;;;;+2/p-2. The molecule has 0 nitrogen and oxygen atoms in total. The zero-order valence-electron chi connectivity index (χ0n) is 18.8. The molecule has 0 amide bonds. The van der Waals surface area contributed by atoms with Crippen molar-refractivity contribution in [2.24, 2.45) is 0 Å². The van der Waals surface area contributed by atoms with E-state index in [1.54, 1.807) is 33.4 Å². The summed E-state index contributed by atoms with van der Waals surface area (Å²) in [5, 5.41) is 0. The monoisotopic (exact) mass is 621 g/mol. The topological polar surface area (TPSA) is 0 Å². The Kier molecular flexibility index (Phi) is 8.78. The number of halogens is 2. The summed E-state index contributed by atoms with van der Waals surface area (Å²) in [7, 11) is 0. The fourth-order valence-corrected chi connectivity index (χ4v) is 38.8. The van der Waals surface area contributed by atoms with Crippen molar-refractivity contribution in [2.45, 2.75) is 48.1 Å². The van der Waals surface area contributed by atoms with E-state index in [0.29, 0.717) is 3.67 Å². The number of benzene rings is 2. The van der Waals surface area contributed by atoms with Crippen molar-refractivity contribution in [1.29, 1.82) is 0 Å². The molecule has 2 aromatic rings. The maximum Gasteiger partial charge on any atom is -1.00 e. The number of hydrogen-bond acceptors (Lipinski definition) is 0. The molecule has 0 heterocycles. The molecule has 1 atom stereocenters. The molecular weight excluding hydrogens is 590 g/mol. The van der Waals surface area contributed by atoms with E-state index in [4.69, 9.17) is 0 Å². The van der Waals surface area contributed by atoms with E-state index in [0.717, 1.165) is 3.67 Å². The maximum absolute atomic E-state index is 2.65. The molecule has 4 heteroatoms. The van der Waals surface area contributed by atoms with Crippen molar-refractivity contribution >= 4 is 17.6 Å². The van der Waals surface area contributed by atoms with Gasteiger partial charge in [-0.3, -0.25) is 0 Å². The molecule has 0 saturated carbocycles. The molecule has 2 aromatic carbocycles. The van der Waals surface area contributed by atoms with Crippen LogP contribution in [0.3, 0.4) is 0 Å². The van der Waals surface area contributed by atoms with Gasteiger partial charge in [0.15, 0.2) is 0 Å². The van der Waals surface area contributed by atoms with E-state index < -0.39 is 26.6 Å². The van der Waals surface area contributed by atoms with Crippen LogP contribution in [0.5, 0.6) is 0 Å². The Morgan fingerprint density at radius 2 is 1.23 bits per heavy atom. The molecule has 0 aliphatic heterocycles. The van der Waals surface area contributed by atoms with Gasteiger partial charge in [0.2, 0.25) is 0 Å². The normalized spacial score (nSPS) is 18.2. The Morgan fingerprint density at radius 3 is 1.80 bits per heavy atom. The second-order valence-corrected chi connectivity index (χ2v) is 36.7. The van der Waals surface area contributed by atoms with E-state index in [-0.39, 0.29) is 24.8 Å². The van der Waals surface area contributed by atoms with Gasteiger partial charge in [0.05, 0.1) is 0 Å². The third-order valence-electron chi connectivity index (χ3n) is 6.98. The van der Waals surface area contributed by atoms with Crippen molar-refractivity contribution in [3.05, 3.63) is 93.6 Å². The summed E-state index contributed by atoms with van der Waals surface area (Å²) in [4.78, 5) is 0. The predicted molar refractivity (Wildman–Crippen MR) is 123 cm³/mol. The molecule has 0 fully saturated rings. The van der Waals surface area contributed by atoms with Crippen LogP contribution in [0.25, 0.3) is 11.6 Å². The van der Waals surface area contributed by atoms with Crippen molar-refractivity contribution in [1.82, 2.24) is 0 Å². The van der Waals surface area contributed by atoms with Gasteiger partial charge in [0.25, 0.3) is 0 Å². The molecule has 2 aliphatic carbocycles. The van der Waals surface area contributed by atoms with E-state index in [2.05, 4.69) is 101 Å². The fourth-order valence-electron chi connectivity index (χ4n) is 5.25. The summed E-state index contributed by atoms with van der Waals surface area (Å²) in [5.74, 6) is -0.740. The molecule has 157 valence electrons. The molecule has 0 saturated heterocycles. The molecule has 0 N–H and O–H groups in total. The summed E-state index contributed by atoms with van der Waals surface area (Å²) < 4.78 is 1.52. The molecule has 0 aromatic heterocycles. The van der Waals surface area contributed by atoms with Crippen LogP contribution in [0.4, 0.5) is 0 Å². The number of allylic oxidation sites excluding steroid dienone is 5. The van der Waals surface area contributed by atoms with Crippen molar-refractivity contribution < 1.29 is 45.4 Å². The molecule has 2 aliphatic rings.